The Hall–Kier alpha value is -0.970. The van der Waals surface area contributed by atoms with Crippen molar-refractivity contribution in [2.45, 2.75) is 18.8 Å². The smallest absolute Gasteiger partial charge is 0.183 e. The second kappa shape index (κ2) is 5.70. The molecule has 0 aliphatic heterocycles. The fourth-order valence-electron chi connectivity index (χ4n) is 1.27. The molecule has 1 aromatic rings. The lowest BCUT2D eigenvalue weighted by Gasteiger charge is -2.19. The summed E-state index contributed by atoms with van der Waals surface area (Å²) in [4.78, 5) is 3.89. The first-order valence-corrected chi connectivity index (χ1v) is 4.40. The average molecular weight is 197 g/mol. The first kappa shape index (κ1) is 11.1. The number of rotatable bonds is 5. The highest BCUT2D eigenvalue weighted by molar-refractivity contribution is 5.10. The van der Waals surface area contributed by atoms with E-state index in [2.05, 4.69) is 4.98 Å². The van der Waals surface area contributed by atoms with Gasteiger partial charge < -0.3 is 14.6 Å². The van der Waals surface area contributed by atoms with E-state index in [1.807, 2.05) is 12.1 Å². The predicted molar refractivity (Wildman–Crippen MR) is 51.8 cm³/mol. The summed E-state index contributed by atoms with van der Waals surface area (Å²) in [6.07, 6.45) is 2.64. The van der Waals surface area contributed by atoms with Gasteiger partial charge in [0.1, 0.15) is 6.10 Å². The largest absolute Gasteiger partial charge is 0.387 e. The molecular weight excluding hydrogens is 182 g/mol. The van der Waals surface area contributed by atoms with E-state index >= 15 is 0 Å². The van der Waals surface area contributed by atoms with Gasteiger partial charge in [-0.1, -0.05) is 0 Å². The van der Waals surface area contributed by atoms with Crippen LogP contribution in [0.4, 0.5) is 0 Å². The minimum absolute atomic E-state index is 0.495. The summed E-state index contributed by atoms with van der Waals surface area (Å²) >= 11 is 0. The average Bonchev–Trinajstić information content (AvgIpc) is 2.21. The van der Waals surface area contributed by atoms with E-state index in [0.717, 1.165) is 5.56 Å². The number of aromatic nitrogens is 1. The van der Waals surface area contributed by atoms with Crippen molar-refractivity contribution in [3.63, 3.8) is 0 Å². The number of hydrogen-bond acceptors (Lipinski definition) is 4. The first-order chi connectivity index (χ1) is 6.77. The van der Waals surface area contributed by atoms with Gasteiger partial charge in [0.15, 0.2) is 6.29 Å². The van der Waals surface area contributed by atoms with Crippen LogP contribution in [-0.4, -0.2) is 36.7 Å². The number of pyridine rings is 1. The predicted octanol–water partition coefficient (Wildman–Crippen LogP) is 0.604. The molecule has 1 aromatic heterocycles. The molecule has 1 atom stereocenters. The summed E-state index contributed by atoms with van der Waals surface area (Å²) in [6, 6.07) is 3.71. The van der Waals surface area contributed by atoms with Crippen LogP contribution in [0.2, 0.25) is 0 Å². The Morgan fingerprint density at radius 2 is 1.86 bits per heavy atom. The molecule has 1 unspecified atom stereocenters. The van der Waals surface area contributed by atoms with E-state index in [1.54, 1.807) is 12.4 Å². The Kier molecular flexibility index (Phi) is 4.52. The van der Waals surface area contributed by atoms with E-state index in [9.17, 15) is 5.11 Å². The Morgan fingerprint density at radius 1 is 1.29 bits per heavy atom. The molecule has 4 heteroatoms. The van der Waals surface area contributed by atoms with Crippen LogP contribution in [0.15, 0.2) is 24.5 Å². The van der Waals surface area contributed by atoms with Crippen molar-refractivity contribution in [3.05, 3.63) is 30.1 Å². The Morgan fingerprint density at radius 3 is 2.36 bits per heavy atom. The highest BCUT2D eigenvalue weighted by Crippen LogP contribution is 2.07. The molecule has 1 rings (SSSR count). The molecule has 0 aliphatic rings. The quantitative estimate of drug-likeness (QED) is 0.702. The number of methoxy groups -OCH3 is 2. The van der Waals surface area contributed by atoms with Gasteiger partial charge >= 0.3 is 0 Å². The monoisotopic (exact) mass is 197 g/mol. The molecule has 0 spiro atoms. The van der Waals surface area contributed by atoms with Gasteiger partial charge in [0, 0.05) is 33.0 Å². The van der Waals surface area contributed by atoms with Gasteiger partial charge in [0.2, 0.25) is 0 Å². The van der Waals surface area contributed by atoms with Crippen molar-refractivity contribution < 1.29 is 14.6 Å². The lowest BCUT2D eigenvalue weighted by molar-refractivity contribution is -0.163. The third kappa shape index (κ3) is 3.06. The molecular formula is C10H15NO3. The molecule has 0 radical (unpaired) electrons. The lowest BCUT2D eigenvalue weighted by atomic mass is 10.1. The maximum absolute atomic E-state index is 9.69. The maximum atomic E-state index is 9.69. The molecule has 14 heavy (non-hydrogen) atoms. The summed E-state index contributed by atoms with van der Waals surface area (Å²) in [5, 5.41) is 9.69. The van der Waals surface area contributed by atoms with Crippen molar-refractivity contribution in [1.29, 1.82) is 0 Å². The fraction of sp³-hybridized carbons (Fsp3) is 0.500. The van der Waals surface area contributed by atoms with Gasteiger partial charge in [0.25, 0.3) is 0 Å². The van der Waals surface area contributed by atoms with Gasteiger partial charge in [-0.15, -0.1) is 0 Å². The summed E-state index contributed by atoms with van der Waals surface area (Å²) in [7, 11) is 3.01. The van der Waals surface area contributed by atoms with Crippen LogP contribution in [0.5, 0.6) is 0 Å². The molecule has 78 valence electrons. The SMILES string of the molecule is COC(OC)C(O)Cc1ccncc1. The molecule has 0 aliphatic carbocycles. The Labute approximate surface area is 83.5 Å². The van der Waals surface area contributed by atoms with Crippen molar-refractivity contribution >= 4 is 0 Å². The molecule has 0 saturated carbocycles. The zero-order chi connectivity index (χ0) is 10.4. The van der Waals surface area contributed by atoms with Crippen LogP contribution in [0.1, 0.15) is 5.56 Å². The van der Waals surface area contributed by atoms with Crippen LogP contribution in [0.25, 0.3) is 0 Å². The van der Waals surface area contributed by atoms with Crippen LogP contribution in [0.3, 0.4) is 0 Å². The number of hydrogen-bond donors (Lipinski definition) is 1. The molecule has 1 heterocycles. The van der Waals surface area contributed by atoms with E-state index in [4.69, 9.17) is 9.47 Å². The number of nitrogens with zero attached hydrogens (tertiary/aromatic N) is 1. The highest BCUT2D eigenvalue weighted by atomic mass is 16.7. The van der Waals surface area contributed by atoms with E-state index in [1.165, 1.54) is 14.2 Å². The molecule has 0 saturated heterocycles. The van der Waals surface area contributed by atoms with E-state index in [0.29, 0.717) is 6.42 Å². The lowest BCUT2D eigenvalue weighted by Crippen LogP contribution is -2.31. The van der Waals surface area contributed by atoms with Gasteiger partial charge in [-0.25, -0.2) is 0 Å². The van der Waals surface area contributed by atoms with Crippen molar-refractivity contribution in [1.82, 2.24) is 4.98 Å². The summed E-state index contributed by atoms with van der Waals surface area (Å²) in [6.45, 7) is 0. The summed E-state index contributed by atoms with van der Waals surface area (Å²) in [5.41, 5.74) is 1.01. The topological polar surface area (TPSA) is 51.6 Å². The first-order valence-electron chi connectivity index (χ1n) is 4.40. The van der Waals surface area contributed by atoms with Gasteiger partial charge in [-0.05, 0) is 17.7 Å². The third-order valence-electron chi connectivity index (χ3n) is 1.97. The Bertz CT molecular complexity index is 249. The highest BCUT2D eigenvalue weighted by Gasteiger charge is 2.17. The zero-order valence-corrected chi connectivity index (χ0v) is 8.38. The second-order valence-electron chi connectivity index (χ2n) is 2.97. The fourth-order valence-corrected chi connectivity index (χ4v) is 1.27. The molecule has 0 fully saturated rings. The van der Waals surface area contributed by atoms with Gasteiger partial charge in [-0.3, -0.25) is 4.98 Å². The van der Waals surface area contributed by atoms with Gasteiger partial charge in [-0.2, -0.15) is 0 Å². The van der Waals surface area contributed by atoms with Crippen LogP contribution >= 0.6 is 0 Å². The Balaban J connectivity index is 2.52. The third-order valence-corrected chi connectivity index (χ3v) is 1.97. The standard InChI is InChI=1S/C10H15NO3/c1-13-10(14-2)9(12)7-8-3-5-11-6-4-8/h3-6,9-10,12H,7H2,1-2H3. The van der Waals surface area contributed by atoms with Gasteiger partial charge in [0.05, 0.1) is 0 Å². The molecule has 0 amide bonds. The maximum Gasteiger partial charge on any atom is 0.183 e. The minimum atomic E-state index is -0.660. The number of aliphatic hydroxyl groups excluding tert-OH is 1. The van der Waals surface area contributed by atoms with Crippen LogP contribution in [0, 0.1) is 0 Å². The molecule has 0 aromatic carbocycles. The van der Waals surface area contributed by atoms with Crippen LogP contribution in [-0.2, 0) is 15.9 Å². The van der Waals surface area contributed by atoms with Crippen molar-refractivity contribution in [2.24, 2.45) is 0 Å². The van der Waals surface area contributed by atoms with Crippen molar-refractivity contribution in [2.75, 3.05) is 14.2 Å². The molecule has 1 N–H and O–H groups in total. The normalized spacial score (nSPS) is 13.1. The number of ether oxygens (including phenoxy) is 2. The second-order valence-corrected chi connectivity index (χ2v) is 2.97. The van der Waals surface area contributed by atoms with E-state index in [-0.39, 0.29) is 0 Å². The summed E-state index contributed by atoms with van der Waals surface area (Å²) < 4.78 is 9.89. The zero-order valence-electron chi connectivity index (χ0n) is 8.38. The van der Waals surface area contributed by atoms with Crippen molar-refractivity contribution in [3.8, 4) is 0 Å². The van der Waals surface area contributed by atoms with E-state index < -0.39 is 12.4 Å². The van der Waals surface area contributed by atoms with Crippen LogP contribution < -0.4 is 0 Å². The minimum Gasteiger partial charge on any atom is -0.387 e. The molecule has 0 bridgehead atoms. The number of aliphatic hydroxyl groups is 1. The summed E-state index contributed by atoms with van der Waals surface area (Å²) in [5.74, 6) is 0. The molecule has 4 nitrogen and oxygen atoms in total.